The number of nitrogens with zero attached hydrogens (tertiary/aromatic N) is 4. The predicted octanol–water partition coefficient (Wildman–Crippen LogP) is 4.54. The van der Waals surface area contributed by atoms with Crippen molar-refractivity contribution < 1.29 is 18.7 Å². The molecule has 2 aliphatic rings. The van der Waals surface area contributed by atoms with Gasteiger partial charge in [-0.2, -0.15) is 0 Å². The number of aromatic nitrogens is 1. The number of benzene rings is 2. The first kappa shape index (κ1) is 26.2. The summed E-state index contributed by atoms with van der Waals surface area (Å²) in [7, 11) is 2.07. The smallest absolute Gasteiger partial charge is 0.410 e. The molecule has 1 aromatic heterocycles. The molecular weight excluding hydrogens is 483 g/mol. The van der Waals surface area contributed by atoms with Crippen molar-refractivity contribution in [1.29, 1.82) is 0 Å². The highest BCUT2D eigenvalue weighted by molar-refractivity contribution is 5.98. The van der Waals surface area contributed by atoms with Gasteiger partial charge in [0.1, 0.15) is 11.4 Å². The molecule has 2 aromatic carbocycles. The number of ether oxygens (including phenoxy) is 1. The average Bonchev–Trinajstić information content (AvgIpc) is 3.00. The van der Waals surface area contributed by atoms with Gasteiger partial charge in [0, 0.05) is 63.0 Å². The van der Waals surface area contributed by atoms with E-state index in [1.807, 2.05) is 31.7 Å². The Hall–Kier alpha value is -3.39. The number of anilines is 1. The molecular formula is C30H37FN4O3. The van der Waals surface area contributed by atoms with E-state index in [0.717, 1.165) is 49.1 Å². The van der Waals surface area contributed by atoms with Crippen molar-refractivity contribution in [2.45, 2.75) is 45.6 Å². The Morgan fingerprint density at radius 3 is 2.45 bits per heavy atom. The van der Waals surface area contributed by atoms with E-state index in [9.17, 15) is 14.0 Å². The van der Waals surface area contributed by atoms with Crippen molar-refractivity contribution in [2.24, 2.45) is 7.05 Å². The Kier molecular flexibility index (Phi) is 7.18. The lowest BCUT2D eigenvalue weighted by atomic mass is 10.1. The molecule has 0 radical (unpaired) electrons. The molecule has 38 heavy (non-hydrogen) atoms. The zero-order valence-corrected chi connectivity index (χ0v) is 22.8. The van der Waals surface area contributed by atoms with Crippen LogP contribution in [0.5, 0.6) is 0 Å². The molecule has 2 amide bonds. The maximum atomic E-state index is 13.2. The summed E-state index contributed by atoms with van der Waals surface area (Å²) in [6, 6.07) is 12.9. The van der Waals surface area contributed by atoms with Crippen molar-refractivity contribution in [3.05, 3.63) is 65.1 Å². The first-order valence-corrected chi connectivity index (χ1v) is 13.4. The number of amides is 2. The normalized spacial score (nSPS) is 17.0. The molecule has 0 saturated carbocycles. The summed E-state index contributed by atoms with van der Waals surface area (Å²) in [4.78, 5) is 31.6. The van der Waals surface area contributed by atoms with E-state index in [1.165, 1.54) is 28.8 Å². The minimum Gasteiger partial charge on any atom is -0.444 e. The molecule has 5 rings (SSSR count). The fraction of sp³-hybridized carbons (Fsp3) is 0.467. The second kappa shape index (κ2) is 10.4. The predicted molar refractivity (Wildman–Crippen MR) is 147 cm³/mol. The van der Waals surface area contributed by atoms with Crippen LogP contribution in [0, 0.1) is 5.82 Å². The molecule has 0 atom stereocenters. The van der Waals surface area contributed by atoms with Gasteiger partial charge < -0.3 is 19.1 Å². The van der Waals surface area contributed by atoms with Crippen LogP contribution in [0.25, 0.3) is 10.9 Å². The van der Waals surface area contributed by atoms with Crippen LogP contribution in [0.15, 0.2) is 42.5 Å². The number of halogens is 1. The molecule has 7 nitrogen and oxygen atoms in total. The molecule has 0 unspecified atom stereocenters. The largest absolute Gasteiger partial charge is 0.444 e. The molecule has 0 spiro atoms. The van der Waals surface area contributed by atoms with Crippen molar-refractivity contribution in [3.8, 4) is 0 Å². The van der Waals surface area contributed by atoms with Crippen LogP contribution < -0.4 is 4.90 Å². The van der Waals surface area contributed by atoms with Gasteiger partial charge in [-0.1, -0.05) is 18.2 Å². The summed E-state index contributed by atoms with van der Waals surface area (Å²) < 4.78 is 21.0. The Bertz CT molecular complexity index is 1340. The third kappa shape index (κ3) is 5.55. The van der Waals surface area contributed by atoms with Gasteiger partial charge in [-0.25, -0.2) is 9.18 Å². The van der Waals surface area contributed by atoms with Crippen LogP contribution in [0.1, 0.15) is 37.6 Å². The van der Waals surface area contributed by atoms with E-state index in [4.69, 9.17) is 4.74 Å². The number of hydrogen-bond donors (Lipinski definition) is 0. The van der Waals surface area contributed by atoms with Crippen LogP contribution in [0.4, 0.5) is 14.9 Å². The fourth-order valence-electron chi connectivity index (χ4n) is 5.55. The average molecular weight is 521 g/mol. The van der Waals surface area contributed by atoms with E-state index in [0.29, 0.717) is 26.2 Å². The maximum Gasteiger partial charge on any atom is 0.410 e. The monoisotopic (exact) mass is 520 g/mol. The molecule has 2 aliphatic heterocycles. The number of carbonyl (C=O) groups is 2. The third-order valence-corrected chi connectivity index (χ3v) is 7.56. The summed E-state index contributed by atoms with van der Waals surface area (Å²) in [6.07, 6.45) is 2.07. The summed E-state index contributed by atoms with van der Waals surface area (Å²) >= 11 is 0. The van der Waals surface area contributed by atoms with Crippen LogP contribution in [-0.4, -0.2) is 71.2 Å². The minimum absolute atomic E-state index is 0.0958. The molecule has 1 fully saturated rings. The summed E-state index contributed by atoms with van der Waals surface area (Å²) in [6.45, 7) is 9.51. The molecule has 202 valence electrons. The topological polar surface area (TPSA) is 58.0 Å². The van der Waals surface area contributed by atoms with E-state index < -0.39 is 5.60 Å². The number of fused-ring (bicyclic) bond motifs is 3. The third-order valence-electron chi connectivity index (χ3n) is 7.56. The lowest BCUT2D eigenvalue weighted by molar-refractivity contribution is -0.121. The van der Waals surface area contributed by atoms with Crippen LogP contribution >= 0.6 is 0 Å². The van der Waals surface area contributed by atoms with Crippen molar-refractivity contribution >= 4 is 28.6 Å². The van der Waals surface area contributed by atoms with Gasteiger partial charge in [0.2, 0.25) is 5.91 Å². The van der Waals surface area contributed by atoms with Gasteiger partial charge in [0.15, 0.2) is 0 Å². The SMILES string of the molecule is Cn1c2c(c3ccc(N4CCN(CCc5ccc(F)cc5)CC4=O)cc31)CCN(C(=O)OC(C)(C)C)CC2. The van der Waals surface area contributed by atoms with E-state index in [2.05, 4.69) is 28.6 Å². The number of rotatable bonds is 4. The van der Waals surface area contributed by atoms with Crippen molar-refractivity contribution in [2.75, 3.05) is 44.2 Å². The first-order chi connectivity index (χ1) is 18.1. The molecule has 3 heterocycles. The first-order valence-electron chi connectivity index (χ1n) is 13.4. The zero-order chi connectivity index (χ0) is 27.0. The number of piperazine rings is 1. The summed E-state index contributed by atoms with van der Waals surface area (Å²) in [5.74, 6) is -0.134. The standard InChI is InChI=1S/C30H37FN4O3/c1-30(2,3)38-29(37)34-15-12-25-24-10-9-23(19-27(24)32(4)26(25)13-16-34)35-18-17-33(20-28(35)36)14-11-21-5-7-22(31)8-6-21/h5-10,19H,11-18,20H2,1-4H3. The maximum absolute atomic E-state index is 13.2. The van der Waals surface area contributed by atoms with Crippen molar-refractivity contribution in [3.63, 3.8) is 0 Å². The van der Waals surface area contributed by atoms with Gasteiger partial charge >= 0.3 is 6.09 Å². The molecule has 1 saturated heterocycles. The highest BCUT2D eigenvalue weighted by Crippen LogP contribution is 2.32. The van der Waals surface area contributed by atoms with Gasteiger partial charge in [0.05, 0.1) is 12.1 Å². The van der Waals surface area contributed by atoms with Gasteiger partial charge in [-0.05, 0) is 69.0 Å². The van der Waals surface area contributed by atoms with E-state index in [-0.39, 0.29) is 17.8 Å². The Morgan fingerprint density at radius 2 is 1.74 bits per heavy atom. The van der Waals surface area contributed by atoms with Crippen molar-refractivity contribution in [1.82, 2.24) is 14.4 Å². The lowest BCUT2D eigenvalue weighted by Gasteiger charge is -2.34. The van der Waals surface area contributed by atoms with Crippen LogP contribution in [0.3, 0.4) is 0 Å². The van der Waals surface area contributed by atoms with Gasteiger partial charge in [0.25, 0.3) is 0 Å². The lowest BCUT2D eigenvalue weighted by Crippen LogP contribution is -2.50. The highest BCUT2D eigenvalue weighted by atomic mass is 19.1. The second-order valence-corrected chi connectivity index (χ2v) is 11.4. The Labute approximate surface area is 223 Å². The number of aryl methyl sites for hydroxylation is 1. The molecule has 0 N–H and O–H groups in total. The van der Waals surface area contributed by atoms with Crippen LogP contribution in [-0.2, 0) is 35.8 Å². The second-order valence-electron chi connectivity index (χ2n) is 11.4. The fourth-order valence-corrected chi connectivity index (χ4v) is 5.55. The number of carbonyl (C=O) groups excluding carboxylic acids is 2. The zero-order valence-electron chi connectivity index (χ0n) is 22.8. The quantitative estimate of drug-likeness (QED) is 0.507. The van der Waals surface area contributed by atoms with Gasteiger partial charge in [-0.3, -0.25) is 9.69 Å². The highest BCUT2D eigenvalue weighted by Gasteiger charge is 2.28. The Morgan fingerprint density at radius 1 is 1.00 bits per heavy atom. The van der Waals surface area contributed by atoms with Gasteiger partial charge in [-0.15, -0.1) is 0 Å². The molecule has 8 heteroatoms. The molecule has 0 aliphatic carbocycles. The Balaban J connectivity index is 1.26. The van der Waals surface area contributed by atoms with E-state index >= 15 is 0 Å². The molecule has 3 aromatic rings. The summed E-state index contributed by atoms with van der Waals surface area (Å²) in [5, 5.41) is 1.18. The minimum atomic E-state index is -0.509. The summed E-state index contributed by atoms with van der Waals surface area (Å²) in [5.41, 5.74) is 5.11. The van der Waals surface area contributed by atoms with Crippen LogP contribution in [0.2, 0.25) is 0 Å². The van der Waals surface area contributed by atoms with E-state index in [1.54, 1.807) is 17.0 Å². The molecule has 0 bridgehead atoms. The number of hydrogen-bond acceptors (Lipinski definition) is 4.